The van der Waals surface area contributed by atoms with Crippen molar-refractivity contribution in [1.29, 1.82) is 0 Å². The fourth-order valence-electron chi connectivity index (χ4n) is 3.27. The topological polar surface area (TPSA) is 54.0 Å². The van der Waals surface area contributed by atoms with Gasteiger partial charge in [0.1, 0.15) is 5.78 Å². The summed E-state index contributed by atoms with van der Waals surface area (Å²) in [5.74, 6) is 0.115. The lowest BCUT2D eigenvalue weighted by atomic mass is 9.97. The SMILES string of the molecule is CC(=O)C[C@@H]1OC[C@@H](O[Si](C)(C)C(C)(C)C)[C@H](O[Si](C)(C)C(C)(C)C)[C@H]1O[Si](C)(C)C(C)(C)C. The quantitative estimate of drug-likeness (QED) is 0.302. The molecule has 0 bridgehead atoms. The normalized spacial score (nSPS) is 26.0. The molecule has 0 saturated carbocycles. The maximum Gasteiger partial charge on any atom is 0.192 e. The van der Waals surface area contributed by atoms with Crippen LogP contribution in [0.1, 0.15) is 75.7 Å². The van der Waals surface area contributed by atoms with Gasteiger partial charge in [-0.05, 0) is 61.3 Å². The number of carbonyl (C=O) groups excluding carboxylic acids is 1. The zero-order valence-corrected chi connectivity index (χ0v) is 28.3. The Labute approximate surface area is 214 Å². The Morgan fingerprint density at radius 1 is 0.706 bits per heavy atom. The molecule has 5 nitrogen and oxygen atoms in total. The molecule has 202 valence electrons. The van der Waals surface area contributed by atoms with Crippen molar-refractivity contribution in [3.8, 4) is 0 Å². The molecule has 1 fully saturated rings. The predicted molar refractivity (Wildman–Crippen MR) is 151 cm³/mol. The Hall–Kier alpha value is 0.161. The average molecular weight is 533 g/mol. The summed E-state index contributed by atoms with van der Waals surface area (Å²) in [6.45, 7) is 36.0. The lowest BCUT2D eigenvalue weighted by molar-refractivity contribution is -0.176. The molecule has 0 aromatic rings. The van der Waals surface area contributed by atoms with Crippen molar-refractivity contribution in [1.82, 2.24) is 0 Å². The summed E-state index contributed by atoms with van der Waals surface area (Å²) in [6.07, 6.45) is -0.790. The highest BCUT2D eigenvalue weighted by atomic mass is 28.4. The summed E-state index contributed by atoms with van der Waals surface area (Å²) < 4.78 is 27.5. The molecule has 1 aliphatic heterocycles. The second-order valence-electron chi connectivity index (χ2n) is 14.9. The van der Waals surface area contributed by atoms with E-state index >= 15 is 0 Å². The highest BCUT2D eigenvalue weighted by Gasteiger charge is 2.53. The zero-order valence-electron chi connectivity index (χ0n) is 25.3. The van der Waals surface area contributed by atoms with Crippen LogP contribution >= 0.6 is 0 Å². The average Bonchev–Trinajstić information content (AvgIpc) is 2.56. The van der Waals surface area contributed by atoms with Crippen LogP contribution in [0.3, 0.4) is 0 Å². The van der Waals surface area contributed by atoms with Crippen molar-refractivity contribution in [3.05, 3.63) is 0 Å². The zero-order chi connectivity index (χ0) is 27.1. The minimum Gasteiger partial charge on any atom is -0.409 e. The molecule has 0 amide bonds. The van der Waals surface area contributed by atoms with E-state index in [2.05, 4.69) is 102 Å². The molecular weight excluding hydrogens is 477 g/mol. The Kier molecular flexibility index (Phi) is 9.94. The van der Waals surface area contributed by atoms with E-state index in [-0.39, 0.29) is 45.3 Å². The molecule has 8 heteroatoms. The van der Waals surface area contributed by atoms with Gasteiger partial charge in [0.15, 0.2) is 25.0 Å². The summed E-state index contributed by atoms with van der Waals surface area (Å²) in [5, 5.41) is 0.146. The number of hydrogen-bond donors (Lipinski definition) is 0. The Balaban J connectivity index is 3.58. The van der Waals surface area contributed by atoms with Gasteiger partial charge in [0.25, 0.3) is 0 Å². The first-order chi connectivity index (χ1) is 14.8. The Morgan fingerprint density at radius 2 is 1.06 bits per heavy atom. The van der Waals surface area contributed by atoms with Gasteiger partial charge in [0.05, 0.1) is 31.0 Å². The molecule has 0 aromatic carbocycles. The van der Waals surface area contributed by atoms with E-state index in [1.807, 2.05) is 0 Å². The third-order valence-electron chi connectivity index (χ3n) is 8.75. The van der Waals surface area contributed by atoms with Crippen molar-refractivity contribution in [2.45, 2.75) is 154 Å². The van der Waals surface area contributed by atoms with Crippen molar-refractivity contribution < 1.29 is 22.8 Å². The van der Waals surface area contributed by atoms with Crippen LogP contribution in [0.15, 0.2) is 0 Å². The minimum atomic E-state index is -2.17. The van der Waals surface area contributed by atoms with Crippen LogP contribution in [0, 0.1) is 0 Å². The third-order valence-corrected chi connectivity index (χ3v) is 22.2. The lowest BCUT2D eigenvalue weighted by Crippen LogP contribution is -2.65. The molecule has 0 aromatic heterocycles. The highest BCUT2D eigenvalue weighted by Crippen LogP contribution is 2.45. The molecule has 0 spiro atoms. The van der Waals surface area contributed by atoms with Crippen molar-refractivity contribution in [2.75, 3.05) is 6.61 Å². The Morgan fingerprint density at radius 3 is 1.41 bits per heavy atom. The number of carbonyl (C=O) groups is 1. The number of Topliss-reactive ketones (excluding diaryl/α,β-unsaturated/α-hetero) is 1. The van der Waals surface area contributed by atoms with Crippen LogP contribution in [0.4, 0.5) is 0 Å². The van der Waals surface area contributed by atoms with Crippen LogP contribution in [0.5, 0.6) is 0 Å². The van der Waals surface area contributed by atoms with Gasteiger partial charge in [-0.3, -0.25) is 4.79 Å². The van der Waals surface area contributed by atoms with Crippen LogP contribution in [0.2, 0.25) is 54.4 Å². The summed E-state index contributed by atoms with van der Waals surface area (Å²) in [7, 11) is -6.42. The minimum absolute atomic E-state index is 0.0303. The van der Waals surface area contributed by atoms with Gasteiger partial charge in [-0.1, -0.05) is 62.3 Å². The van der Waals surface area contributed by atoms with E-state index in [9.17, 15) is 4.79 Å². The summed E-state index contributed by atoms with van der Waals surface area (Å²) in [4.78, 5) is 12.2. The molecule has 1 aliphatic rings. The highest BCUT2D eigenvalue weighted by molar-refractivity contribution is 6.75. The van der Waals surface area contributed by atoms with Gasteiger partial charge in [-0.25, -0.2) is 0 Å². The second kappa shape index (κ2) is 10.5. The van der Waals surface area contributed by atoms with E-state index in [1.165, 1.54) is 0 Å². The van der Waals surface area contributed by atoms with Gasteiger partial charge in [0, 0.05) is 6.42 Å². The fourth-order valence-corrected chi connectivity index (χ4v) is 7.22. The molecule has 4 atom stereocenters. The predicted octanol–water partition coefficient (Wildman–Crippen LogP) is 7.54. The van der Waals surface area contributed by atoms with E-state index in [4.69, 9.17) is 18.0 Å². The summed E-state index contributed by atoms with van der Waals surface area (Å²) in [6, 6.07) is 0. The molecule has 0 unspecified atom stereocenters. The molecule has 0 aliphatic carbocycles. The molecule has 1 saturated heterocycles. The maximum atomic E-state index is 12.2. The Bertz CT molecular complexity index is 699. The third kappa shape index (κ3) is 7.83. The van der Waals surface area contributed by atoms with E-state index in [0.717, 1.165) is 0 Å². The van der Waals surface area contributed by atoms with Crippen molar-refractivity contribution in [2.24, 2.45) is 0 Å². The molecule has 1 heterocycles. The monoisotopic (exact) mass is 532 g/mol. The van der Waals surface area contributed by atoms with Crippen LogP contribution < -0.4 is 0 Å². The van der Waals surface area contributed by atoms with Gasteiger partial charge in [-0.15, -0.1) is 0 Å². The van der Waals surface area contributed by atoms with Gasteiger partial charge in [-0.2, -0.15) is 0 Å². The molecule has 34 heavy (non-hydrogen) atoms. The standard InChI is InChI=1S/C26H56O5Si3/c1-19(27)17-20-22(30-33(13,14)25(5,6)7)23(31-34(15,16)26(8,9)10)21(18-28-20)29-32(11,12)24(2,3)4/h20-23H,17-18H2,1-16H3/t20-,21+,22-,23-/m0/s1. The van der Waals surface area contributed by atoms with Crippen LogP contribution in [-0.2, 0) is 22.8 Å². The van der Waals surface area contributed by atoms with E-state index in [0.29, 0.717) is 13.0 Å². The first-order valence-corrected chi connectivity index (χ1v) is 21.7. The van der Waals surface area contributed by atoms with E-state index in [1.54, 1.807) is 6.92 Å². The van der Waals surface area contributed by atoms with Crippen LogP contribution in [0.25, 0.3) is 0 Å². The van der Waals surface area contributed by atoms with Crippen molar-refractivity contribution in [3.63, 3.8) is 0 Å². The molecule has 0 radical (unpaired) electrons. The van der Waals surface area contributed by atoms with Gasteiger partial charge in [0.2, 0.25) is 0 Å². The van der Waals surface area contributed by atoms with E-state index < -0.39 is 25.0 Å². The largest absolute Gasteiger partial charge is 0.409 e. The van der Waals surface area contributed by atoms with Crippen LogP contribution in [-0.4, -0.2) is 61.8 Å². The number of ether oxygens (including phenoxy) is 1. The first-order valence-electron chi connectivity index (χ1n) is 13.0. The summed E-state index contributed by atoms with van der Waals surface area (Å²) in [5.41, 5.74) is 0. The first kappa shape index (κ1) is 32.2. The number of ketones is 1. The van der Waals surface area contributed by atoms with Crippen molar-refractivity contribution >= 4 is 30.7 Å². The smallest absolute Gasteiger partial charge is 0.192 e. The summed E-state index contributed by atoms with van der Waals surface area (Å²) >= 11 is 0. The maximum absolute atomic E-state index is 12.2. The molecule has 0 N–H and O–H groups in total. The van der Waals surface area contributed by atoms with Gasteiger partial charge < -0.3 is 18.0 Å². The fraction of sp³-hybridized carbons (Fsp3) is 0.962. The molecular formula is C26H56O5Si3. The molecule has 1 rings (SSSR count). The second-order valence-corrected chi connectivity index (χ2v) is 29.1. The lowest BCUT2D eigenvalue weighted by Gasteiger charge is -2.52. The van der Waals surface area contributed by atoms with Gasteiger partial charge >= 0.3 is 0 Å². The number of rotatable bonds is 8. The number of hydrogen-bond acceptors (Lipinski definition) is 5.